The van der Waals surface area contributed by atoms with Gasteiger partial charge in [-0.15, -0.1) is 0 Å². The summed E-state index contributed by atoms with van der Waals surface area (Å²) in [7, 11) is 1.64. The standard InChI is InChI=1S/C22H19F2N5O2/c1-13-20-21(29(27-13)15-6-4-3-5-7-15)28(2)22(31)18(26-20)10-11-19(30)25-14-8-9-16(23)17(24)12-14/h3-9,12H,10-11H2,1-2H3,(H,25,30). The molecule has 7 nitrogen and oxygen atoms in total. The highest BCUT2D eigenvalue weighted by Crippen LogP contribution is 2.19. The third-order valence-corrected chi connectivity index (χ3v) is 4.91. The highest BCUT2D eigenvalue weighted by Gasteiger charge is 2.18. The monoisotopic (exact) mass is 423 g/mol. The van der Waals surface area contributed by atoms with Crippen molar-refractivity contribution in [2.75, 3.05) is 5.32 Å². The molecule has 2 aromatic heterocycles. The Bertz CT molecular complexity index is 1350. The van der Waals surface area contributed by atoms with Crippen molar-refractivity contribution in [1.82, 2.24) is 19.3 Å². The van der Waals surface area contributed by atoms with E-state index >= 15 is 0 Å². The van der Waals surface area contributed by atoms with Crippen LogP contribution in [-0.2, 0) is 18.3 Å². The van der Waals surface area contributed by atoms with E-state index in [1.807, 2.05) is 30.3 Å². The van der Waals surface area contributed by atoms with Gasteiger partial charge in [-0.1, -0.05) is 18.2 Å². The lowest BCUT2D eigenvalue weighted by Crippen LogP contribution is -2.25. The van der Waals surface area contributed by atoms with E-state index in [0.717, 1.165) is 17.8 Å². The van der Waals surface area contributed by atoms with Gasteiger partial charge in [-0.05, 0) is 31.2 Å². The van der Waals surface area contributed by atoms with E-state index in [1.165, 1.54) is 10.6 Å². The molecule has 31 heavy (non-hydrogen) atoms. The number of hydrogen-bond donors (Lipinski definition) is 1. The van der Waals surface area contributed by atoms with E-state index in [9.17, 15) is 18.4 Å². The summed E-state index contributed by atoms with van der Waals surface area (Å²) in [5, 5.41) is 7.01. The van der Waals surface area contributed by atoms with E-state index < -0.39 is 17.5 Å². The Hall–Kier alpha value is -3.88. The average Bonchev–Trinajstić information content (AvgIpc) is 3.09. The fraction of sp³-hybridized carbons (Fsp3) is 0.182. The SMILES string of the molecule is Cc1nn(-c2ccccc2)c2c1nc(CCC(=O)Nc1ccc(F)c(F)c1)c(=O)n2C. The second-order valence-corrected chi connectivity index (χ2v) is 7.10. The third kappa shape index (κ3) is 3.94. The zero-order valence-electron chi connectivity index (χ0n) is 16.9. The number of carbonyl (C=O) groups excluding carboxylic acids is 1. The van der Waals surface area contributed by atoms with Crippen LogP contribution in [0.1, 0.15) is 17.8 Å². The molecular formula is C22H19F2N5O2. The molecule has 9 heteroatoms. The number of para-hydroxylation sites is 1. The number of rotatable bonds is 5. The van der Waals surface area contributed by atoms with Crippen LogP contribution in [0.4, 0.5) is 14.5 Å². The minimum atomic E-state index is -1.05. The topological polar surface area (TPSA) is 81.8 Å². The quantitative estimate of drug-likeness (QED) is 0.534. The number of anilines is 1. The molecule has 0 atom stereocenters. The Morgan fingerprint density at radius 3 is 2.55 bits per heavy atom. The fourth-order valence-electron chi connectivity index (χ4n) is 3.35. The summed E-state index contributed by atoms with van der Waals surface area (Å²) in [6.45, 7) is 1.80. The minimum absolute atomic E-state index is 0.0430. The molecule has 1 amide bonds. The number of amides is 1. The molecule has 158 valence electrons. The van der Waals surface area contributed by atoms with Crippen LogP contribution in [-0.4, -0.2) is 25.2 Å². The lowest BCUT2D eigenvalue weighted by molar-refractivity contribution is -0.116. The number of aryl methyl sites for hydroxylation is 3. The van der Waals surface area contributed by atoms with Crippen molar-refractivity contribution in [1.29, 1.82) is 0 Å². The summed E-state index contributed by atoms with van der Waals surface area (Å²) in [5.74, 6) is -2.48. The van der Waals surface area contributed by atoms with Gasteiger partial charge in [0.1, 0.15) is 11.2 Å². The highest BCUT2D eigenvalue weighted by atomic mass is 19.2. The van der Waals surface area contributed by atoms with Crippen LogP contribution < -0.4 is 10.9 Å². The molecule has 0 radical (unpaired) electrons. The number of hydrogen-bond acceptors (Lipinski definition) is 4. The maximum absolute atomic E-state index is 13.3. The summed E-state index contributed by atoms with van der Waals surface area (Å²) < 4.78 is 29.5. The third-order valence-electron chi connectivity index (χ3n) is 4.91. The van der Waals surface area contributed by atoms with Crippen molar-refractivity contribution in [3.05, 3.63) is 81.9 Å². The first kappa shape index (κ1) is 20.4. The van der Waals surface area contributed by atoms with Crippen molar-refractivity contribution in [2.24, 2.45) is 7.05 Å². The smallest absolute Gasteiger partial charge is 0.273 e. The molecule has 0 unspecified atom stereocenters. The Morgan fingerprint density at radius 1 is 1.10 bits per heavy atom. The number of aromatic nitrogens is 4. The summed E-state index contributed by atoms with van der Waals surface area (Å²) >= 11 is 0. The van der Waals surface area contributed by atoms with E-state index in [0.29, 0.717) is 16.9 Å². The van der Waals surface area contributed by atoms with E-state index in [4.69, 9.17) is 0 Å². The van der Waals surface area contributed by atoms with E-state index in [-0.39, 0.29) is 29.8 Å². The molecule has 0 saturated heterocycles. The molecule has 0 bridgehead atoms. The van der Waals surface area contributed by atoms with Crippen molar-refractivity contribution in [3.8, 4) is 5.69 Å². The zero-order valence-corrected chi connectivity index (χ0v) is 16.9. The van der Waals surface area contributed by atoms with Gasteiger partial charge in [0.2, 0.25) is 5.91 Å². The minimum Gasteiger partial charge on any atom is -0.326 e. The van der Waals surface area contributed by atoms with Crippen LogP contribution in [0, 0.1) is 18.6 Å². The number of nitrogens with one attached hydrogen (secondary N) is 1. The number of fused-ring (bicyclic) bond motifs is 1. The Labute approximate surface area is 176 Å². The van der Waals surface area contributed by atoms with Crippen LogP contribution >= 0.6 is 0 Å². The van der Waals surface area contributed by atoms with Crippen molar-refractivity contribution in [2.45, 2.75) is 19.8 Å². The summed E-state index contributed by atoms with van der Waals surface area (Å²) in [6.07, 6.45) is 0.0483. The molecule has 4 rings (SSSR count). The molecule has 0 aliphatic carbocycles. The van der Waals surface area contributed by atoms with Crippen molar-refractivity contribution < 1.29 is 13.6 Å². The predicted molar refractivity (Wildman–Crippen MR) is 112 cm³/mol. The molecule has 2 heterocycles. The van der Waals surface area contributed by atoms with Gasteiger partial charge < -0.3 is 5.32 Å². The van der Waals surface area contributed by atoms with Crippen molar-refractivity contribution in [3.63, 3.8) is 0 Å². The van der Waals surface area contributed by atoms with E-state index in [1.54, 1.807) is 18.7 Å². The van der Waals surface area contributed by atoms with Gasteiger partial charge in [-0.2, -0.15) is 5.10 Å². The predicted octanol–water partition coefficient (Wildman–Crippen LogP) is 3.28. The van der Waals surface area contributed by atoms with Crippen LogP contribution in [0.3, 0.4) is 0 Å². The maximum atomic E-state index is 13.3. The van der Waals surface area contributed by atoms with Gasteiger partial charge in [0.05, 0.1) is 11.4 Å². The number of halogens is 2. The highest BCUT2D eigenvalue weighted by molar-refractivity contribution is 5.90. The molecule has 0 aliphatic heterocycles. The Kier molecular flexibility index (Phi) is 5.33. The zero-order chi connectivity index (χ0) is 22.1. The normalized spacial score (nSPS) is 11.1. The van der Waals surface area contributed by atoms with Crippen LogP contribution in [0.15, 0.2) is 53.3 Å². The fourth-order valence-corrected chi connectivity index (χ4v) is 3.35. The Morgan fingerprint density at radius 2 is 1.84 bits per heavy atom. The first-order valence-electron chi connectivity index (χ1n) is 9.60. The summed E-state index contributed by atoms with van der Waals surface area (Å²) in [4.78, 5) is 29.6. The van der Waals surface area contributed by atoms with Gasteiger partial charge in [0.15, 0.2) is 17.3 Å². The van der Waals surface area contributed by atoms with Crippen LogP contribution in [0.2, 0.25) is 0 Å². The van der Waals surface area contributed by atoms with E-state index in [2.05, 4.69) is 15.4 Å². The summed E-state index contributed by atoms with van der Waals surface area (Å²) in [6, 6.07) is 12.5. The molecule has 0 saturated carbocycles. The molecule has 2 aromatic carbocycles. The Balaban J connectivity index is 1.59. The van der Waals surface area contributed by atoms with Gasteiger partial charge in [-0.25, -0.2) is 18.4 Å². The van der Waals surface area contributed by atoms with Crippen LogP contribution in [0.25, 0.3) is 16.9 Å². The lowest BCUT2D eigenvalue weighted by atomic mass is 10.2. The largest absolute Gasteiger partial charge is 0.326 e. The average molecular weight is 423 g/mol. The lowest BCUT2D eigenvalue weighted by Gasteiger charge is -2.09. The maximum Gasteiger partial charge on any atom is 0.273 e. The summed E-state index contributed by atoms with van der Waals surface area (Å²) in [5.41, 5.74) is 2.63. The molecule has 4 aromatic rings. The first-order chi connectivity index (χ1) is 14.8. The number of carbonyl (C=O) groups is 1. The molecule has 0 spiro atoms. The second kappa shape index (κ2) is 8.10. The van der Waals surface area contributed by atoms with Crippen molar-refractivity contribution >= 4 is 22.8 Å². The van der Waals surface area contributed by atoms with Gasteiger partial charge in [-0.3, -0.25) is 14.2 Å². The molecular weight excluding hydrogens is 404 g/mol. The molecule has 0 fully saturated rings. The van der Waals surface area contributed by atoms with Gasteiger partial charge in [0.25, 0.3) is 5.56 Å². The number of nitrogens with zero attached hydrogens (tertiary/aromatic N) is 4. The molecule has 1 N–H and O–H groups in total. The molecule has 0 aliphatic rings. The second-order valence-electron chi connectivity index (χ2n) is 7.10. The number of benzene rings is 2. The van der Waals surface area contributed by atoms with Gasteiger partial charge in [0, 0.05) is 31.6 Å². The first-order valence-corrected chi connectivity index (χ1v) is 9.60. The van der Waals surface area contributed by atoms with Gasteiger partial charge >= 0.3 is 0 Å². The van der Waals surface area contributed by atoms with Crippen LogP contribution in [0.5, 0.6) is 0 Å².